The molecule has 5 nitrogen and oxygen atoms in total. The molecular formula is C18H18N4OS2. The lowest BCUT2D eigenvalue weighted by Crippen LogP contribution is -2.34. The summed E-state index contributed by atoms with van der Waals surface area (Å²) < 4.78 is 3.40. The largest absolute Gasteiger partial charge is 0.302 e. The van der Waals surface area contributed by atoms with E-state index in [-0.39, 0.29) is 11.8 Å². The van der Waals surface area contributed by atoms with Gasteiger partial charge in [-0.25, -0.2) is 9.29 Å². The van der Waals surface area contributed by atoms with E-state index in [1.807, 2.05) is 36.5 Å². The van der Waals surface area contributed by atoms with E-state index in [2.05, 4.69) is 25.7 Å². The summed E-state index contributed by atoms with van der Waals surface area (Å²) >= 11 is 3.24. The van der Waals surface area contributed by atoms with Crippen molar-refractivity contribution in [3.8, 4) is 0 Å². The Morgan fingerprint density at radius 3 is 2.80 bits per heavy atom. The SMILES string of the molecule is O=C(Nc1nc2ccccc2s1)C1CCN(Sc2cccnc2)CC1. The third-order valence-corrected chi connectivity index (χ3v) is 6.25. The van der Waals surface area contributed by atoms with Gasteiger partial charge in [-0.05, 0) is 49.1 Å². The summed E-state index contributed by atoms with van der Waals surface area (Å²) in [4.78, 5) is 22.3. The van der Waals surface area contributed by atoms with E-state index in [0.717, 1.165) is 41.0 Å². The summed E-state index contributed by atoms with van der Waals surface area (Å²) in [7, 11) is 0. The maximum absolute atomic E-state index is 12.5. The Kier molecular flexibility index (Phi) is 4.96. The van der Waals surface area contributed by atoms with Crippen molar-refractivity contribution < 1.29 is 4.79 Å². The van der Waals surface area contributed by atoms with Gasteiger partial charge in [-0.3, -0.25) is 9.78 Å². The molecule has 1 amide bonds. The second-order valence-electron chi connectivity index (χ2n) is 5.96. The molecule has 0 unspecified atom stereocenters. The second-order valence-corrected chi connectivity index (χ2v) is 8.16. The number of anilines is 1. The lowest BCUT2D eigenvalue weighted by atomic mass is 9.97. The zero-order valence-electron chi connectivity index (χ0n) is 13.6. The number of rotatable bonds is 4. The zero-order chi connectivity index (χ0) is 17.1. The minimum absolute atomic E-state index is 0.0535. The highest BCUT2D eigenvalue weighted by molar-refractivity contribution is 7.97. The molecule has 2 aromatic heterocycles. The minimum atomic E-state index is 0.0535. The van der Waals surface area contributed by atoms with Crippen LogP contribution in [0.15, 0.2) is 53.7 Å². The van der Waals surface area contributed by atoms with Crippen LogP contribution in [0.4, 0.5) is 5.13 Å². The first-order valence-corrected chi connectivity index (χ1v) is 9.86. The topological polar surface area (TPSA) is 58.1 Å². The lowest BCUT2D eigenvalue weighted by Gasteiger charge is -2.29. The van der Waals surface area contributed by atoms with Crippen molar-refractivity contribution in [2.45, 2.75) is 17.7 Å². The molecule has 25 heavy (non-hydrogen) atoms. The molecule has 3 heterocycles. The molecule has 1 aliphatic rings. The van der Waals surface area contributed by atoms with Crippen LogP contribution in [0.25, 0.3) is 10.2 Å². The van der Waals surface area contributed by atoms with E-state index in [0.29, 0.717) is 5.13 Å². The number of carbonyl (C=O) groups excluding carboxylic acids is 1. The van der Waals surface area contributed by atoms with Gasteiger partial charge in [0.2, 0.25) is 5.91 Å². The monoisotopic (exact) mass is 370 g/mol. The Balaban J connectivity index is 1.32. The fraction of sp³-hybridized carbons (Fsp3) is 0.278. The van der Waals surface area contributed by atoms with Crippen molar-refractivity contribution >= 4 is 44.5 Å². The summed E-state index contributed by atoms with van der Waals surface area (Å²) in [5, 5.41) is 3.69. The van der Waals surface area contributed by atoms with Gasteiger partial charge in [-0.15, -0.1) is 0 Å². The molecule has 0 atom stereocenters. The zero-order valence-corrected chi connectivity index (χ0v) is 15.2. The molecule has 7 heteroatoms. The first-order valence-electron chi connectivity index (χ1n) is 8.27. The maximum Gasteiger partial charge on any atom is 0.229 e. The Labute approximate surface area is 154 Å². The van der Waals surface area contributed by atoms with Gasteiger partial charge in [0.05, 0.1) is 10.2 Å². The van der Waals surface area contributed by atoms with Gasteiger partial charge in [-0.1, -0.05) is 23.5 Å². The van der Waals surface area contributed by atoms with Crippen LogP contribution in [0.3, 0.4) is 0 Å². The number of hydrogen-bond acceptors (Lipinski definition) is 6. The molecule has 1 aromatic carbocycles. The molecule has 0 bridgehead atoms. The molecule has 0 saturated carbocycles. The first-order chi connectivity index (χ1) is 12.3. The number of pyridine rings is 1. The van der Waals surface area contributed by atoms with Crippen molar-refractivity contribution in [2.24, 2.45) is 5.92 Å². The first kappa shape index (κ1) is 16.5. The van der Waals surface area contributed by atoms with Crippen LogP contribution < -0.4 is 5.32 Å². The van der Waals surface area contributed by atoms with Crippen LogP contribution in [0.2, 0.25) is 0 Å². The summed E-state index contributed by atoms with van der Waals surface area (Å²) in [6.45, 7) is 1.80. The summed E-state index contributed by atoms with van der Waals surface area (Å²) in [5.74, 6) is 0.142. The predicted octanol–water partition coefficient (Wildman–Crippen LogP) is 4.05. The molecule has 128 valence electrons. The van der Waals surface area contributed by atoms with Crippen molar-refractivity contribution in [1.29, 1.82) is 0 Å². The van der Waals surface area contributed by atoms with E-state index in [1.54, 1.807) is 18.1 Å². The molecule has 0 radical (unpaired) electrons. The summed E-state index contributed by atoms with van der Waals surface area (Å²) in [6, 6.07) is 11.9. The number of benzene rings is 1. The number of hydrogen-bond donors (Lipinski definition) is 1. The Bertz CT molecular complexity index is 827. The fourth-order valence-corrected chi connectivity index (χ4v) is 4.70. The number of amides is 1. The molecule has 0 aliphatic carbocycles. The molecule has 1 fully saturated rings. The Hall–Kier alpha value is -1.96. The van der Waals surface area contributed by atoms with Crippen LogP contribution in [0, 0.1) is 5.92 Å². The van der Waals surface area contributed by atoms with E-state index in [1.165, 1.54) is 11.3 Å². The quantitative estimate of drug-likeness (QED) is 0.702. The van der Waals surface area contributed by atoms with E-state index >= 15 is 0 Å². The molecule has 0 spiro atoms. The molecule has 1 N–H and O–H groups in total. The van der Waals surface area contributed by atoms with Gasteiger partial charge in [-0.2, -0.15) is 0 Å². The average molecular weight is 371 g/mol. The number of aromatic nitrogens is 2. The van der Waals surface area contributed by atoms with Gasteiger partial charge in [0, 0.05) is 36.3 Å². The minimum Gasteiger partial charge on any atom is -0.302 e. The van der Waals surface area contributed by atoms with E-state index in [4.69, 9.17) is 0 Å². The highest BCUT2D eigenvalue weighted by atomic mass is 32.2. The van der Waals surface area contributed by atoms with Gasteiger partial charge in [0.25, 0.3) is 0 Å². The number of thiazole rings is 1. The van der Waals surface area contributed by atoms with Gasteiger partial charge in [0.1, 0.15) is 0 Å². The average Bonchev–Trinajstić information content (AvgIpc) is 3.05. The number of carbonyl (C=O) groups is 1. The third-order valence-electron chi connectivity index (χ3n) is 4.22. The van der Waals surface area contributed by atoms with Gasteiger partial charge < -0.3 is 5.32 Å². The van der Waals surface area contributed by atoms with Crippen LogP contribution in [-0.4, -0.2) is 33.3 Å². The predicted molar refractivity (Wildman–Crippen MR) is 103 cm³/mol. The fourth-order valence-electron chi connectivity index (χ4n) is 2.89. The summed E-state index contributed by atoms with van der Waals surface area (Å²) in [6.07, 6.45) is 5.38. The second kappa shape index (κ2) is 7.51. The highest BCUT2D eigenvalue weighted by Crippen LogP contribution is 2.30. The molecule has 4 rings (SSSR count). The van der Waals surface area contributed by atoms with E-state index < -0.39 is 0 Å². The molecule has 1 aliphatic heterocycles. The van der Waals surface area contributed by atoms with Crippen molar-refractivity contribution in [3.05, 3.63) is 48.8 Å². The van der Waals surface area contributed by atoms with Crippen LogP contribution in [0.1, 0.15) is 12.8 Å². The molecule has 1 saturated heterocycles. The Morgan fingerprint density at radius 1 is 1.20 bits per heavy atom. The standard InChI is InChI=1S/C18H18N4OS2/c23-17(21-18-20-15-5-1-2-6-16(15)24-18)13-7-10-22(11-8-13)25-14-4-3-9-19-12-14/h1-6,9,12-13H,7-8,10-11H2,(H,20,21,23). The number of nitrogens with zero attached hydrogens (tertiary/aromatic N) is 3. The molecular weight excluding hydrogens is 352 g/mol. The summed E-state index contributed by atoms with van der Waals surface area (Å²) in [5.41, 5.74) is 0.936. The van der Waals surface area contributed by atoms with E-state index in [9.17, 15) is 4.79 Å². The third kappa shape index (κ3) is 4.00. The maximum atomic E-state index is 12.5. The van der Waals surface area contributed by atoms with Gasteiger partial charge >= 0.3 is 0 Å². The highest BCUT2D eigenvalue weighted by Gasteiger charge is 2.26. The van der Waals surface area contributed by atoms with Crippen LogP contribution >= 0.6 is 23.3 Å². The van der Waals surface area contributed by atoms with Gasteiger partial charge in [0.15, 0.2) is 5.13 Å². The number of piperidine rings is 1. The number of para-hydroxylation sites is 1. The molecule has 3 aromatic rings. The van der Waals surface area contributed by atoms with Crippen molar-refractivity contribution in [3.63, 3.8) is 0 Å². The Morgan fingerprint density at radius 2 is 2.04 bits per heavy atom. The van der Waals surface area contributed by atoms with Crippen molar-refractivity contribution in [1.82, 2.24) is 14.3 Å². The van der Waals surface area contributed by atoms with Crippen molar-refractivity contribution in [2.75, 3.05) is 18.4 Å². The smallest absolute Gasteiger partial charge is 0.229 e. The normalized spacial score (nSPS) is 16.2. The van der Waals surface area contributed by atoms with Crippen LogP contribution in [-0.2, 0) is 4.79 Å². The lowest BCUT2D eigenvalue weighted by molar-refractivity contribution is -0.120. The van der Waals surface area contributed by atoms with Crippen LogP contribution in [0.5, 0.6) is 0 Å². The number of nitrogens with one attached hydrogen (secondary N) is 1. The number of fused-ring (bicyclic) bond motifs is 1.